The van der Waals surface area contributed by atoms with Gasteiger partial charge in [0.05, 0.1) is 19.3 Å². The van der Waals surface area contributed by atoms with E-state index in [0.717, 1.165) is 6.07 Å². The number of hydrogen-bond donors (Lipinski definition) is 0. The van der Waals surface area contributed by atoms with Crippen molar-refractivity contribution in [2.24, 2.45) is 0 Å². The van der Waals surface area contributed by atoms with Crippen LogP contribution in [-0.4, -0.2) is 43.9 Å². The van der Waals surface area contributed by atoms with E-state index in [9.17, 15) is 12.8 Å². The summed E-state index contributed by atoms with van der Waals surface area (Å²) in [7, 11) is -3.81. The van der Waals surface area contributed by atoms with Crippen molar-refractivity contribution in [2.45, 2.75) is 10.9 Å². The van der Waals surface area contributed by atoms with Crippen LogP contribution in [0.25, 0.3) is 0 Å². The molecule has 0 saturated carbocycles. The summed E-state index contributed by atoms with van der Waals surface area (Å²) in [5.41, 5.74) is 0. The highest BCUT2D eigenvalue weighted by Gasteiger charge is 2.34. The first-order valence-electron chi connectivity index (χ1n) is 5.47. The van der Waals surface area contributed by atoms with Gasteiger partial charge in [0.1, 0.15) is 10.7 Å². The van der Waals surface area contributed by atoms with E-state index in [-0.39, 0.29) is 17.5 Å². The lowest BCUT2D eigenvalue weighted by molar-refractivity contribution is 0.0412. The second-order valence-electron chi connectivity index (χ2n) is 3.93. The molecule has 0 amide bonds. The predicted octanol–water partition coefficient (Wildman–Crippen LogP) is 1.61. The third-order valence-corrected chi connectivity index (χ3v) is 5.51. The van der Waals surface area contributed by atoms with Crippen LogP contribution in [-0.2, 0) is 14.8 Å². The molecule has 0 spiro atoms. The van der Waals surface area contributed by atoms with Crippen molar-refractivity contribution < 1.29 is 17.5 Å². The molecule has 1 aliphatic heterocycles. The minimum Gasteiger partial charge on any atom is -0.378 e. The molecule has 1 heterocycles. The molecule has 1 unspecified atom stereocenters. The van der Waals surface area contributed by atoms with Crippen LogP contribution in [0.3, 0.4) is 0 Å². The van der Waals surface area contributed by atoms with Gasteiger partial charge < -0.3 is 4.74 Å². The number of rotatable bonds is 3. The summed E-state index contributed by atoms with van der Waals surface area (Å²) >= 11 is 3.26. The van der Waals surface area contributed by atoms with Gasteiger partial charge in [-0.05, 0) is 12.1 Å². The molecule has 1 saturated heterocycles. The van der Waals surface area contributed by atoms with Gasteiger partial charge in [0.15, 0.2) is 0 Å². The maximum Gasteiger partial charge on any atom is 0.246 e. The number of halogens is 2. The van der Waals surface area contributed by atoms with Gasteiger partial charge in [-0.2, -0.15) is 4.31 Å². The number of morpholine rings is 1. The molecule has 0 bridgehead atoms. The molecule has 2 rings (SSSR count). The Morgan fingerprint density at radius 1 is 1.44 bits per heavy atom. The van der Waals surface area contributed by atoms with Gasteiger partial charge in [-0.25, -0.2) is 12.8 Å². The van der Waals surface area contributed by atoms with Crippen molar-refractivity contribution in [3.63, 3.8) is 0 Å². The zero-order chi connectivity index (χ0) is 13.2. The molecular weight excluding hydrogens is 325 g/mol. The average molecular weight is 338 g/mol. The Kier molecular flexibility index (Phi) is 4.37. The van der Waals surface area contributed by atoms with Crippen LogP contribution >= 0.6 is 15.9 Å². The monoisotopic (exact) mass is 337 g/mol. The lowest BCUT2D eigenvalue weighted by atomic mass is 10.3. The summed E-state index contributed by atoms with van der Waals surface area (Å²) in [5.74, 6) is -0.725. The number of ether oxygens (including phenoxy) is 1. The van der Waals surface area contributed by atoms with E-state index in [0.29, 0.717) is 18.5 Å². The van der Waals surface area contributed by atoms with Gasteiger partial charge in [0.2, 0.25) is 10.0 Å². The number of hydrogen-bond acceptors (Lipinski definition) is 3. The molecule has 0 N–H and O–H groups in total. The van der Waals surface area contributed by atoms with E-state index in [4.69, 9.17) is 4.74 Å². The highest BCUT2D eigenvalue weighted by atomic mass is 79.9. The summed E-state index contributed by atoms with van der Waals surface area (Å²) in [4.78, 5) is -0.280. The van der Waals surface area contributed by atoms with Gasteiger partial charge in [-0.1, -0.05) is 28.1 Å². The Labute approximate surface area is 114 Å². The molecular formula is C11H13BrFNO3S. The minimum absolute atomic E-state index is 0.243. The van der Waals surface area contributed by atoms with Crippen molar-refractivity contribution in [1.82, 2.24) is 4.31 Å². The van der Waals surface area contributed by atoms with Gasteiger partial charge in [0, 0.05) is 11.9 Å². The molecule has 0 aromatic heterocycles. The fourth-order valence-corrected chi connectivity index (χ4v) is 4.25. The summed E-state index contributed by atoms with van der Waals surface area (Å²) in [5, 5.41) is 0.459. The van der Waals surface area contributed by atoms with Crippen LogP contribution in [0.4, 0.5) is 4.39 Å². The summed E-state index contributed by atoms with van der Waals surface area (Å²) in [6, 6.07) is 5.11. The first kappa shape index (κ1) is 13.9. The Bertz CT molecular complexity index is 523. The Morgan fingerprint density at radius 2 is 2.17 bits per heavy atom. The summed E-state index contributed by atoms with van der Waals surface area (Å²) < 4.78 is 44.9. The van der Waals surface area contributed by atoms with Gasteiger partial charge in [0.25, 0.3) is 0 Å². The topological polar surface area (TPSA) is 46.6 Å². The first-order valence-corrected chi connectivity index (χ1v) is 8.03. The van der Waals surface area contributed by atoms with Crippen LogP contribution in [0, 0.1) is 5.82 Å². The van der Waals surface area contributed by atoms with Gasteiger partial charge >= 0.3 is 0 Å². The van der Waals surface area contributed by atoms with E-state index < -0.39 is 15.8 Å². The smallest absolute Gasteiger partial charge is 0.246 e. The van der Waals surface area contributed by atoms with Crippen molar-refractivity contribution in [3.8, 4) is 0 Å². The molecule has 1 atom stereocenters. The van der Waals surface area contributed by atoms with E-state index in [1.165, 1.54) is 22.5 Å². The number of nitrogens with zero attached hydrogens (tertiary/aromatic N) is 1. The van der Waals surface area contributed by atoms with Gasteiger partial charge in [-0.3, -0.25) is 0 Å². The summed E-state index contributed by atoms with van der Waals surface area (Å²) in [6.07, 6.45) is 0. The number of alkyl halides is 1. The third-order valence-electron chi connectivity index (χ3n) is 2.77. The lowest BCUT2D eigenvalue weighted by Gasteiger charge is -2.33. The molecule has 0 radical (unpaired) electrons. The zero-order valence-electron chi connectivity index (χ0n) is 9.55. The number of sulfonamides is 1. The maximum atomic E-state index is 13.6. The molecule has 100 valence electrons. The minimum atomic E-state index is -3.81. The molecule has 0 aliphatic carbocycles. The average Bonchev–Trinajstić information content (AvgIpc) is 2.39. The third kappa shape index (κ3) is 2.59. The second kappa shape index (κ2) is 5.64. The number of benzene rings is 1. The SMILES string of the molecule is O=S(=O)(c1ccccc1F)N1CCOCC1CBr. The zero-order valence-corrected chi connectivity index (χ0v) is 12.0. The largest absolute Gasteiger partial charge is 0.378 e. The summed E-state index contributed by atoms with van der Waals surface area (Å²) in [6.45, 7) is 0.892. The van der Waals surface area contributed by atoms with Crippen LogP contribution in [0.5, 0.6) is 0 Å². The fraction of sp³-hybridized carbons (Fsp3) is 0.455. The van der Waals surface area contributed by atoms with Crippen molar-refractivity contribution in [3.05, 3.63) is 30.1 Å². The Hall–Kier alpha value is -0.500. The fourth-order valence-electron chi connectivity index (χ4n) is 1.86. The van der Waals surface area contributed by atoms with Crippen LogP contribution < -0.4 is 0 Å². The predicted molar refractivity (Wildman–Crippen MR) is 68.7 cm³/mol. The van der Waals surface area contributed by atoms with Crippen molar-refractivity contribution >= 4 is 26.0 Å². The standard InChI is InChI=1S/C11H13BrFNO3S/c12-7-9-8-17-6-5-14(9)18(15,16)11-4-2-1-3-10(11)13/h1-4,9H,5-8H2. The quantitative estimate of drug-likeness (QED) is 0.787. The maximum absolute atomic E-state index is 13.6. The normalized spacial score (nSPS) is 22.0. The van der Waals surface area contributed by atoms with E-state index in [1.807, 2.05) is 0 Å². The van der Waals surface area contributed by atoms with E-state index in [2.05, 4.69) is 15.9 Å². The second-order valence-corrected chi connectivity index (χ2v) is 6.44. The molecule has 1 aromatic rings. The molecule has 4 nitrogen and oxygen atoms in total. The molecule has 1 aromatic carbocycles. The van der Waals surface area contributed by atoms with Gasteiger partial charge in [-0.15, -0.1) is 0 Å². The highest BCUT2D eigenvalue weighted by Crippen LogP contribution is 2.23. The molecule has 1 aliphatic rings. The highest BCUT2D eigenvalue weighted by molar-refractivity contribution is 9.09. The van der Waals surface area contributed by atoms with Crippen molar-refractivity contribution in [2.75, 3.05) is 25.1 Å². The van der Waals surface area contributed by atoms with Crippen LogP contribution in [0.1, 0.15) is 0 Å². The molecule has 18 heavy (non-hydrogen) atoms. The van der Waals surface area contributed by atoms with Crippen molar-refractivity contribution in [1.29, 1.82) is 0 Å². The van der Waals surface area contributed by atoms with Crippen LogP contribution in [0.15, 0.2) is 29.2 Å². The van der Waals surface area contributed by atoms with E-state index in [1.54, 1.807) is 0 Å². The first-order chi connectivity index (χ1) is 8.57. The molecule has 7 heteroatoms. The molecule has 1 fully saturated rings. The Morgan fingerprint density at radius 3 is 2.83 bits per heavy atom. The van der Waals surface area contributed by atoms with E-state index >= 15 is 0 Å². The lowest BCUT2D eigenvalue weighted by Crippen LogP contribution is -2.49. The Balaban J connectivity index is 2.39. The van der Waals surface area contributed by atoms with Crippen LogP contribution in [0.2, 0.25) is 0 Å².